The van der Waals surface area contributed by atoms with Gasteiger partial charge in [-0.05, 0) is 6.08 Å². The summed E-state index contributed by atoms with van der Waals surface area (Å²) >= 11 is 14.5. The third-order valence-corrected chi connectivity index (χ3v) is 4.86. The fourth-order valence-electron chi connectivity index (χ4n) is 1.68. The Balaban J connectivity index is 6.71. The number of allylic oxidation sites excluding steroid dienone is 1. The SMILES string of the molecule is FC=CC(Cl)C(Cl)(Cl)C(F)C(F)(F)C(F)(F)C(F)(F)C(F)(C(F)(F)F)C(F)(F)F. The van der Waals surface area contributed by atoms with Crippen molar-refractivity contribution in [1.82, 2.24) is 0 Å². The number of hydrogen-bond donors (Lipinski definition) is 0. The number of hydrogen-bond acceptors (Lipinski definition) is 0. The molecule has 0 N–H and O–H groups in total. The maximum Gasteiger partial charge on any atom is 0.438 e. The summed E-state index contributed by atoms with van der Waals surface area (Å²) in [5.41, 5.74) is -8.26. The fraction of sp³-hybridized carbons (Fsp3) is 0.818. The smallest absolute Gasteiger partial charge is 0.237 e. The van der Waals surface area contributed by atoms with E-state index < -0.39 is 58.0 Å². The van der Waals surface area contributed by atoms with E-state index in [4.69, 9.17) is 34.8 Å². The van der Waals surface area contributed by atoms with Crippen LogP contribution in [0.4, 0.5) is 65.9 Å². The van der Waals surface area contributed by atoms with Crippen LogP contribution in [0.3, 0.4) is 0 Å². The Labute approximate surface area is 165 Å². The van der Waals surface area contributed by atoms with Crippen LogP contribution in [0.1, 0.15) is 0 Å². The molecule has 0 heterocycles. The Morgan fingerprint density at radius 3 is 1.28 bits per heavy atom. The molecule has 0 rings (SSSR count). The third kappa shape index (κ3) is 4.19. The standard InChI is InChI=1S/C11H4Cl3F15/c12-3(1-2-15)5(13,14)4(16)6(17,18)8(20,21)9(22,23)7(19,10(24,25)26)11(27,28)29/h1-4H. The van der Waals surface area contributed by atoms with Gasteiger partial charge in [-0.25, -0.2) is 13.2 Å². The van der Waals surface area contributed by atoms with E-state index in [2.05, 4.69) is 0 Å². The predicted molar refractivity (Wildman–Crippen MR) is 70.0 cm³/mol. The number of halogens is 18. The van der Waals surface area contributed by atoms with Crippen LogP contribution in [-0.2, 0) is 0 Å². The molecule has 0 aliphatic rings. The largest absolute Gasteiger partial charge is 0.438 e. The molecule has 174 valence electrons. The summed E-state index contributed by atoms with van der Waals surface area (Å²) in [6, 6.07) is 0. The normalized spacial score (nSPS) is 18.3. The molecular weight excluding hydrogens is 523 g/mol. The van der Waals surface area contributed by atoms with Crippen LogP contribution in [0.2, 0.25) is 0 Å². The van der Waals surface area contributed by atoms with Crippen molar-refractivity contribution < 1.29 is 65.9 Å². The van der Waals surface area contributed by atoms with Gasteiger partial charge in [-0.3, -0.25) is 0 Å². The number of rotatable bonds is 7. The van der Waals surface area contributed by atoms with E-state index in [0.29, 0.717) is 0 Å². The van der Waals surface area contributed by atoms with E-state index >= 15 is 0 Å². The summed E-state index contributed by atoms with van der Waals surface area (Å²) in [4.78, 5) is 0. The molecule has 0 fully saturated rings. The second-order valence-electron chi connectivity index (χ2n) is 5.18. The summed E-state index contributed by atoms with van der Waals surface area (Å²) in [7, 11) is 0. The highest BCUT2D eigenvalue weighted by molar-refractivity contribution is 6.53. The highest BCUT2D eigenvalue weighted by Crippen LogP contribution is 2.63. The molecule has 2 atom stereocenters. The Bertz CT molecular complexity index is 592. The molecule has 0 radical (unpaired) electrons. The summed E-state index contributed by atoms with van der Waals surface area (Å²) in [6.07, 6.45) is -21.9. The van der Waals surface area contributed by atoms with E-state index in [1.165, 1.54) is 0 Å². The molecule has 0 saturated carbocycles. The first-order chi connectivity index (χ1) is 12.4. The van der Waals surface area contributed by atoms with E-state index in [-0.39, 0.29) is 6.08 Å². The zero-order valence-electron chi connectivity index (χ0n) is 12.6. The first kappa shape index (κ1) is 28.6. The lowest BCUT2D eigenvalue weighted by Crippen LogP contribution is -2.75. The van der Waals surface area contributed by atoms with Crippen LogP contribution in [0, 0.1) is 0 Å². The van der Waals surface area contributed by atoms with Crippen molar-refractivity contribution in [3.05, 3.63) is 12.4 Å². The minimum absolute atomic E-state index is 0.217. The first-order valence-corrected chi connectivity index (χ1v) is 7.46. The van der Waals surface area contributed by atoms with Gasteiger partial charge in [-0.1, -0.05) is 23.2 Å². The van der Waals surface area contributed by atoms with Gasteiger partial charge in [-0.2, -0.15) is 52.7 Å². The van der Waals surface area contributed by atoms with Crippen molar-refractivity contribution in [1.29, 1.82) is 0 Å². The Morgan fingerprint density at radius 2 is 1.00 bits per heavy atom. The molecule has 18 heteroatoms. The summed E-state index contributed by atoms with van der Waals surface area (Å²) in [5.74, 6) is -23.7. The third-order valence-electron chi connectivity index (χ3n) is 3.29. The van der Waals surface area contributed by atoms with Crippen molar-refractivity contribution in [2.24, 2.45) is 0 Å². The molecule has 0 aliphatic heterocycles. The molecule has 0 nitrogen and oxygen atoms in total. The maximum absolute atomic E-state index is 13.8. The molecule has 0 aromatic carbocycles. The number of alkyl halides is 17. The van der Waals surface area contributed by atoms with Gasteiger partial charge in [-0.15, -0.1) is 11.6 Å². The Morgan fingerprint density at radius 1 is 0.655 bits per heavy atom. The second kappa shape index (κ2) is 7.92. The molecule has 0 amide bonds. The lowest BCUT2D eigenvalue weighted by molar-refractivity contribution is -0.447. The highest BCUT2D eigenvalue weighted by atomic mass is 35.5. The van der Waals surface area contributed by atoms with E-state index in [1.54, 1.807) is 0 Å². The molecule has 0 aromatic heterocycles. The van der Waals surface area contributed by atoms with E-state index in [0.717, 1.165) is 0 Å². The minimum Gasteiger partial charge on any atom is -0.237 e. The molecule has 0 saturated heterocycles. The average Bonchev–Trinajstić information content (AvgIpc) is 2.50. The van der Waals surface area contributed by atoms with Crippen LogP contribution >= 0.6 is 34.8 Å². The second-order valence-corrected chi connectivity index (χ2v) is 7.10. The monoisotopic (exact) mass is 526 g/mol. The molecular formula is C11H4Cl3F15. The molecule has 2 unspecified atom stereocenters. The summed E-state index contributed by atoms with van der Waals surface area (Å²) in [6.45, 7) is 0. The van der Waals surface area contributed by atoms with Gasteiger partial charge in [0.15, 0.2) is 4.33 Å². The van der Waals surface area contributed by atoms with Gasteiger partial charge in [0.1, 0.15) is 0 Å². The lowest BCUT2D eigenvalue weighted by Gasteiger charge is -2.43. The summed E-state index contributed by atoms with van der Waals surface area (Å²) in [5, 5.41) is -2.79. The molecule has 0 aromatic rings. The zero-order valence-corrected chi connectivity index (χ0v) is 14.9. The van der Waals surface area contributed by atoms with Crippen LogP contribution < -0.4 is 0 Å². The maximum atomic E-state index is 13.8. The fourth-order valence-corrected chi connectivity index (χ4v) is 2.26. The van der Waals surface area contributed by atoms with Gasteiger partial charge >= 0.3 is 35.8 Å². The van der Waals surface area contributed by atoms with Gasteiger partial charge < -0.3 is 0 Å². The van der Waals surface area contributed by atoms with Crippen LogP contribution in [-0.4, -0.2) is 51.7 Å². The highest BCUT2D eigenvalue weighted by Gasteiger charge is 2.94. The van der Waals surface area contributed by atoms with E-state index in [1.807, 2.05) is 0 Å². The van der Waals surface area contributed by atoms with Crippen molar-refractivity contribution in [3.63, 3.8) is 0 Å². The Kier molecular flexibility index (Phi) is 7.80. The topological polar surface area (TPSA) is 0 Å². The van der Waals surface area contributed by atoms with E-state index in [9.17, 15) is 65.9 Å². The quantitative estimate of drug-likeness (QED) is 0.240. The van der Waals surface area contributed by atoms with Crippen LogP contribution in [0.15, 0.2) is 12.4 Å². The zero-order chi connectivity index (χ0) is 24.1. The average molecular weight is 527 g/mol. The van der Waals surface area contributed by atoms with Gasteiger partial charge in [0.25, 0.3) is 0 Å². The van der Waals surface area contributed by atoms with Gasteiger partial charge in [0, 0.05) is 0 Å². The van der Waals surface area contributed by atoms with Crippen molar-refractivity contribution in [2.75, 3.05) is 0 Å². The molecule has 29 heavy (non-hydrogen) atoms. The summed E-state index contributed by atoms with van der Waals surface area (Å²) < 4.78 is 190. The van der Waals surface area contributed by atoms with Crippen molar-refractivity contribution in [2.45, 2.75) is 51.7 Å². The minimum atomic E-state index is -8.36. The molecule has 0 spiro atoms. The molecule has 0 bridgehead atoms. The van der Waals surface area contributed by atoms with Gasteiger partial charge in [0.05, 0.1) is 11.7 Å². The van der Waals surface area contributed by atoms with Crippen molar-refractivity contribution in [3.8, 4) is 0 Å². The first-order valence-electron chi connectivity index (χ1n) is 6.27. The van der Waals surface area contributed by atoms with Crippen LogP contribution in [0.25, 0.3) is 0 Å². The Hall–Kier alpha value is -0.440. The van der Waals surface area contributed by atoms with Gasteiger partial charge in [0.2, 0.25) is 6.17 Å². The predicted octanol–water partition coefficient (Wildman–Crippen LogP) is 7.33. The van der Waals surface area contributed by atoms with Crippen LogP contribution in [0.5, 0.6) is 0 Å². The molecule has 0 aliphatic carbocycles. The van der Waals surface area contributed by atoms with Crippen molar-refractivity contribution >= 4 is 34.8 Å². The lowest BCUT2D eigenvalue weighted by atomic mass is 9.85.